The fraction of sp³-hybridized carbons (Fsp3) is 0.400. The Kier molecular flexibility index (Phi) is 9.37. The van der Waals surface area contributed by atoms with Gasteiger partial charge < -0.3 is 19.8 Å². The molecule has 32 heavy (non-hydrogen) atoms. The van der Waals surface area contributed by atoms with E-state index in [9.17, 15) is 0 Å². The van der Waals surface area contributed by atoms with Crippen molar-refractivity contribution >= 4 is 40.9 Å². The zero-order valence-corrected chi connectivity index (χ0v) is 21.2. The number of para-hydroxylation sites is 1. The number of rotatable bonds is 7. The van der Waals surface area contributed by atoms with E-state index < -0.39 is 0 Å². The molecule has 1 aromatic heterocycles. The van der Waals surface area contributed by atoms with Gasteiger partial charge in [-0.05, 0) is 31.0 Å². The number of furan rings is 1. The quantitative estimate of drug-likeness (QED) is 0.260. The van der Waals surface area contributed by atoms with Gasteiger partial charge in [-0.2, -0.15) is 0 Å². The highest BCUT2D eigenvalue weighted by molar-refractivity contribution is 14.0. The van der Waals surface area contributed by atoms with E-state index in [2.05, 4.69) is 59.7 Å². The molecule has 6 nitrogen and oxygen atoms in total. The van der Waals surface area contributed by atoms with Crippen molar-refractivity contribution in [2.45, 2.75) is 33.5 Å². The minimum absolute atomic E-state index is 0. The standard InChI is InChI=1S/C25H32N4O2.HI/c1-3-26-25(28-17-24-19(2)22-10-6-7-11-23(22)31-24)27-16-20-8-4-5-9-21(20)18-29-12-14-30-15-13-29;/h4-11H,3,12-18H2,1-2H3,(H2,26,27,28);1H. The third kappa shape index (κ3) is 6.24. The molecular weight excluding hydrogens is 515 g/mol. The number of nitrogens with zero attached hydrogens (tertiary/aromatic N) is 2. The van der Waals surface area contributed by atoms with Gasteiger partial charge in [0.15, 0.2) is 5.96 Å². The molecule has 2 aromatic carbocycles. The molecule has 2 N–H and O–H groups in total. The Labute approximate surface area is 207 Å². The highest BCUT2D eigenvalue weighted by Gasteiger charge is 2.13. The van der Waals surface area contributed by atoms with E-state index >= 15 is 0 Å². The average molecular weight is 548 g/mol. The molecule has 0 unspecified atom stereocenters. The molecule has 7 heteroatoms. The SMILES string of the molecule is CCNC(=NCc1ccccc1CN1CCOCC1)NCc1oc2ccccc2c1C.I. The molecule has 1 aliphatic rings. The Morgan fingerprint density at radius 3 is 2.47 bits per heavy atom. The maximum atomic E-state index is 6.03. The van der Waals surface area contributed by atoms with Crippen molar-refractivity contribution in [1.82, 2.24) is 15.5 Å². The Balaban J connectivity index is 0.00000289. The first-order valence-corrected chi connectivity index (χ1v) is 11.1. The van der Waals surface area contributed by atoms with Crippen LogP contribution in [-0.2, 0) is 24.4 Å². The average Bonchev–Trinajstić information content (AvgIpc) is 3.13. The first-order chi connectivity index (χ1) is 15.2. The van der Waals surface area contributed by atoms with Crippen LogP contribution in [0.1, 0.15) is 29.4 Å². The van der Waals surface area contributed by atoms with Crippen molar-refractivity contribution in [2.24, 2.45) is 4.99 Å². The normalized spacial score (nSPS) is 14.9. The summed E-state index contributed by atoms with van der Waals surface area (Å²) in [6.07, 6.45) is 0. The Hall–Kier alpha value is -2.10. The molecule has 0 amide bonds. The number of benzene rings is 2. The zero-order chi connectivity index (χ0) is 21.5. The summed E-state index contributed by atoms with van der Waals surface area (Å²) in [6, 6.07) is 16.7. The second kappa shape index (κ2) is 12.2. The van der Waals surface area contributed by atoms with E-state index in [4.69, 9.17) is 14.1 Å². The predicted molar refractivity (Wildman–Crippen MR) is 141 cm³/mol. The molecule has 0 bridgehead atoms. The molecule has 0 radical (unpaired) electrons. The lowest BCUT2D eigenvalue weighted by Gasteiger charge is -2.27. The molecule has 4 rings (SSSR count). The summed E-state index contributed by atoms with van der Waals surface area (Å²) in [5, 5.41) is 7.94. The molecule has 0 atom stereocenters. The van der Waals surface area contributed by atoms with Gasteiger partial charge in [0.05, 0.1) is 26.3 Å². The number of guanidine groups is 1. The molecule has 1 fully saturated rings. The molecular formula is C25H33IN4O2. The Bertz CT molecular complexity index is 1030. The maximum absolute atomic E-state index is 6.03. The van der Waals surface area contributed by atoms with Gasteiger partial charge in [0.2, 0.25) is 0 Å². The number of halogens is 1. The van der Waals surface area contributed by atoms with E-state index in [1.54, 1.807) is 0 Å². The van der Waals surface area contributed by atoms with Gasteiger partial charge in [-0.15, -0.1) is 24.0 Å². The predicted octanol–water partition coefficient (Wildman–Crippen LogP) is 4.45. The van der Waals surface area contributed by atoms with Crippen molar-refractivity contribution in [3.8, 4) is 0 Å². The van der Waals surface area contributed by atoms with Gasteiger partial charge in [0, 0.05) is 37.1 Å². The molecule has 3 aromatic rings. The van der Waals surface area contributed by atoms with Crippen LogP contribution in [0.3, 0.4) is 0 Å². The minimum atomic E-state index is 0. The number of hydrogen-bond donors (Lipinski definition) is 2. The third-order valence-corrected chi connectivity index (χ3v) is 5.73. The molecule has 0 saturated carbocycles. The summed E-state index contributed by atoms with van der Waals surface area (Å²) >= 11 is 0. The first kappa shape index (κ1) is 24.5. The van der Waals surface area contributed by atoms with Crippen LogP contribution < -0.4 is 10.6 Å². The van der Waals surface area contributed by atoms with Crippen molar-refractivity contribution in [1.29, 1.82) is 0 Å². The fourth-order valence-electron chi connectivity index (χ4n) is 3.93. The number of hydrogen-bond acceptors (Lipinski definition) is 4. The van der Waals surface area contributed by atoms with Crippen molar-refractivity contribution in [2.75, 3.05) is 32.8 Å². The van der Waals surface area contributed by atoms with Crippen LogP contribution in [0.4, 0.5) is 0 Å². The van der Waals surface area contributed by atoms with Gasteiger partial charge in [0.25, 0.3) is 0 Å². The molecule has 172 valence electrons. The van der Waals surface area contributed by atoms with Crippen molar-refractivity contribution in [3.05, 3.63) is 71.0 Å². The zero-order valence-electron chi connectivity index (χ0n) is 18.9. The van der Waals surface area contributed by atoms with E-state index in [1.807, 2.05) is 18.2 Å². The third-order valence-electron chi connectivity index (χ3n) is 5.73. The summed E-state index contributed by atoms with van der Waals surface area (Å²) in [5.74, 6) is 1.74. The van der Waals surface area contributed by atoms with Crippen LogP contribution in [0.2, 0.25) is 0 Å². The lowest BCUT2D eigenvalue weighted by molar-refractivity contribution is 0.0341. The second-order valence-electron chi connectivity index (χ2n) is 7.85. The lowest BCUT2D eigenvalue weighted by atomic mass is 10.1. The summed E-state index contributed by atoms with van der Waals surface area (Å²) in [6.45, 7) is 10.8. The fourth-order valence-corrected chi connectivity index (χ4v) is 3.93. The molecule has 2 heterocycles. The summed E-state index contributed by atoms with van der Waals surface area (Å²) in [5.41, 5.74) is 4.69. The van der Waals surface area contributed by atoms with Crippen LogP contribution in [0, 0.1) is 6.92 Å². The van der Waals surface area contributed by atoms with Crippen LogP contribution >= 0.6 is 24.0 Å². The van der Waals surface area contributed by atoms with Crippen LogP contribution in [0.15, 0.2) is 57.9 Å². The molecule has 0 spiro atoms. The summed E-state index contributed by atoms with van der Waals surface area (Å²) in [7, 11) is 0. The van der Waals surface area contributed by atoms with Crippen molar-refractivity contribution in [3.63, 3.8) is 0 Å². The van der Waals surface area contributed by atoms with E-state index in [-0.39, 0.29) is 24.0 Å². The molecule has 1 aliphatic heterocycles. The molecule has 1 saturated heterocycles. The van der Waals surface area contributed by atoms with Crippen LogP contribution in [0.5, 0.6) is 0 Å². The first-order valence-electron chi connectivity index (χ1n) is 11.1. The Morgan fingerprint density at radius 2 is 1.72 bits per heavy atom. The number of aliphatic imine (C=N–C) groups is 1. The monoisotopic (exact) mass is 548 g/mol. The highest BCUT2D eigenvalue weighted by atomic mass is 127. The van der Waals surface area contributed by atoms with Gasteiger partial charge in [-0.1, -0.05) is 42.5 Å². The molecule has 0 aliphatic carbocycles. The second-order valence-corrected chi connectivity index (χ2v) is 7.85. The van der Waals surface area contributed by atoms with Crippen LogP contribution in [-0.4, -0.2) is 43.7 Å². The number of morpholine rings is 1. The minimum Gasteiger partial charge on any atom is -0.459 e. The van der Waals surface area contributed by atoms with Gasteiger partial charge in [-0.3, -0.25) is 4.90 Å². The summed E-state index contributed by atoms with van der Waals surface area (Å²) in [4.78, 5) is 7.29. The maximum Gasteiger partial charge on any atom is 0.191 e. The van der Waals surface area contributed by atoms with Gasteiger partial charge in [0.1, 0.15) is 11.3 Å². The number of aryl methyl sites for hydroxylation is 1. The number of fused-ring (bicyclic) bond motifs is 1. The van der Waals surface area contributed by atoms with E-state index in [0.717, 1.165) is 56.7 Å². The van der Waals surface area contributed by atoms with Crippen molar-refractivity contribution < 1.29 is 9.15 Å². The topological polar surface area (TPSA) is 62.0 Å². The number of nitrogens with one attached hydrogen (secondary N) is 2. The Morgan fingerprint density at radius 1 is 1.00 bits per heavy atom. The summed E-state index contributed by atoms with van der Waals surface area (Å²) < 4.78 is 11.5. The van der Waals surface area contributed by atoms with Crippen LogP contribution in [0.25, 0.3) is 11.0 Å². The van der Waals surface area contributed by atoms with Gasteiger partial charge >= 0.3 is 0 Å². The highest BCUT2D eigenvalue weighted by Crippen LogP contribution is 2.24. The smallest absolute Gasteiger partial charge is 0.191 e. The van der Waals surface area contributed by atoms with E-state index in [0.29, 0.717) is 13.1 Å². The number of ether oxygens (including phenoxy) is 1. The lowest BCUT2D eigenvalue weighted by Crippen LogP contribution is -2.37. The largest absolute Gasteiger partial charge is 0.459 e. The van der Waals surface area contributed by atoms with Gasteiger partial charge in [-0.25, -0.2) is 4.99 Å². The van der Waals surface area contributed by atoms with E-state index in [1.165, 1.54) is 22.1 Å².